The summed E-state index contributed by atoms with van der Waals surface area (Å²) < 4.78 is 5.15. The first-order chi connectivity index (χ1) is 9.99. The zero-order chi connectivity index (χ0) is 15.4. The van der Waals surface area contributed by atoms with E-state index in [1.54, 1.807) is 19.4 Å². The molecule has 114 valence electrons. The summed E-state index contributed by atoms with van der Waals surface area (Å²) in [5, 5.41) is 11.8. The van der Waals surface area contributed by atoms with E-state index in [1.165, 1.54) is 4.90 Å². The molecule has 2 amide bonds. The van der Waals surface area contributed by atoms with Gasteiger partial charge < -0.3 is 20.1 Å². The summed E-state index contributed by atoms with van der Waals surface area (Å²) in [4.78, 5) is 32.7. The van der Waals surface area contributed by atoms with Gasteiger partial charge in [-0.25, -0.2) is 4.79 Å². The van der Waals surface area contributed by atoms with Crippen molar-refractivity contribution in [2.45, 2.75) is 19.5 Å². The molecule has 21 heavy (non-hydrogen) atoms. The van der Waals surface area contributed by atoms with Crippen molar-refractivity contribution in [1.29, 1.82) is 0 Å². The molecule has 1 fully saturated rings. The third kappa shape index (κ3) is 3.66. The van der Waals surface area contributed by atoms with Crippen molar-refractivity contribution in [3.05, 3.63) is 23.8 Å². The topological polar surface area (TPSA) is 105 Å². The first-order valence-electron chi connectivity index (χ1n) is 6.57. The number of carbonyl (C=O) groups excluding carboxylic acids is 1. The lowest BCUT2D eigenvalue weighted by atomic mass is 10.0. The minimum atomic E-state index is -0.957. The first kappa shape index (κ1) is 15.2. The minimum absolute atomic E-state index is 0.126. The van der Waals surface area contributed by atoms with Gasteiger partial charge in [-0.2, -0.15) is 0 Å². The van der Waals surface area contributed by atoms with Crippen molar-refractivity contribution >= 4 is 12.0 Å². The normalized spacial score (nSPS) is 21.0. The number of aromatic nitrogens is 2. The van der Waals surface area contributed by atoms with Crippen LogP contribution in [0.1, 0.15) is 11.4 Å². The summed E-state index contributed by atoms with van der Waals surface area (Å²) in [7, 11) is 1.56. The number of nitrogens with zero attached hydrogens (tertiary/aromatic N) is 3. The molecule has 8 nitrogen and oxygen atoms in total. The third-order valence-electron chi connectivity index (χ3n) is 3.44. The summed E-state index contributed by atoms with van der Waals surface area (Å²) in [6.07, 6.45) is 3.21. The Morgan fingerprint density at radius 1 is 1.43 bits per heavy atom. The van der Waals surface area contributed by atoms with Gasteiger partial charge >= 0.3 is 12.0 Å². The van der Waals surface area contributed by atoms with Gasteiger partial charge in [-0.05, 0) is 6.92 Å². The predicted molar refractivity (Wildman–Crippen MR) is 72.5 cm³/mol. The smallest absolute Gasteiger partial charge is 0.317 e. The lowest BCUT2D eigenvalue weighted by molar-refractivity contribution is -0.142. The van der Waals surface area contributed by atoms with Crippen LogP contribution in [0.2, 0.25) is 0 Å². The molecular formula is C13H18N4O4. The van der Waals surface area contributed by atoms with Gasteiger partial charge in [0, 0.05) is 13.2 Å². The fourth-order valence-electron chi connectivity index (χ4n) is 2.11. The highest BCUT2D eigenvalue weighted by Gasteiger charge is 2.38. The second-order valence-corrected chi connectivity index (χ2v) is 4.97. The number of amides is 2. The van der Waals surface area contributed by atoms with Gasteiger partial charge in [0.05, 0.1) is 43.4 Å². The zero-order valence-corrected chi connectivity index (χ0v) is 11.9. The number of carboxylic acids is 1. The van der Waals surface area contributed by atoms with E-state index in [0.29, 0.717) is 5.69 Å². The van der Waals surface area contributed by atoms with Crippen molar-refractivity contribution in [2.24, 2.45) is 5.92 Å². The Balaban J connectivity index is 1.90. The zero-order valence-electron chi connectivity index (χ0n) is 11.9. The molecule has 0 aliphatic carbocycles. The number of carbonyl (C=O) groups is 2. The number of likely N-dealkylation sites (N-methyl/N-ethyl adjacent to an activating group) is 1. The Morgan fingerprint density at radius 2 is 2.19 bits per heavy atom. The van der Waals surface area contributed by atoms with Gasteiger partial charge in [-0.3, -0.25) is 14.8 Å². The predicted octanol–water partition coefficient (Wildman–Crippen LogP) is 0.0260. The summed E-state index contributed by atoms with van der Waals surface area (Å²) in [5.41, 5.74) is 1.44. The number of aliphatic carboxylic acids is 1. The van der Waals surface area contributed by atoms with Crippen LogP contribution in [-0.4, -0.2) is 58.3 Å². The van der Waals surface area contributed by atoms with E-state index < -0.39 is 17.9 Å². The van der Waals surface area contributed by atoms with Crippen LogP contribution in [0.5, 0.6) is 0 Å². The molecule has 1 aliphatic rings. The molecular weight excluding hydrogens is 276 g/mol. The summed E-state index contributed by atoms with van der Waals surface area (Å²) in [6, 6.07) is -0.828. The average Bonchev–Trinajstić information content (AvgIpc) is 2.95. The Labute approximate surface area is 122 Å². The highest BCUT2D eigenvalue weighted by Crippen LogP contribution is 2.19. The summed E-state index contributed by atoms with van der Waals surface area (Å²) in [6.45, 7) is 2.42. The van der Waals surface area contributed by atoms with Crippen LogP contribution in [0.3, 0.4) is 0 Å². The molecule has 2 unspecified atom stereocenters. The van der Waals surface area contributed by atoms with E-state index in [-0.39, 0.29) is 25.8 Å². The van der Waals surface area contributed by atoms with Crippen LogP contribution in [-0.2, 0) is 16.1 Å². The fourth-order valence-corrected chi connectivity index (χ4v) is 2.11. The molecule has 1 saturated heterocycles. The maximum atomic E-state index is 12.1. The van der Waals surface area contributed by atoms with Crippen LogP contribution >= 0.6 is 0 Å². The molecule has 0 saturated carbocycles. The highest BCUT2D eigenvalue weighted by atomic mass is 16.5. The number of carboxylic acid groups (broad SMARTS) is 1. The van der Waals surface area contributed by atoms with Crippen molar-refractivity contribution in [2.75, 3.05) is 20.3 Å². The van der Waals surface area contributed by atoms with Crippen LogP contribution in [0.15, 0.2) is 12.4 Å². The Morgan fingerprint density at radius 3 is 2.81 bits per heavy atom. The standard InChI is InChI=1S/C13H18N4O4/c1-8-3-15-9(4-14-8)5-16-13(20)17(2)11-7-21-6-10(11)12(18)19/h3-4,10-11H,5-7H2,1-2H3,(H,16,20)(H,18,19). The van der Waals surface area contributed by atoms with Crippen LogP contribution in [0.25, 0.3) is 0 Å². The molecule has 0 aromatic carbocycles. The maximum absolute atomic E-state index is 12.1. The van der Waals surface area contributed by atoms with Crippen LogP contribution < -0.4 is 5.32 Å². The number of rotatable bonds is 4. The van der Waals surface area contributed by atoms with Gasteiger partial charge in [0.25, 0.3) is 0 Å². The monoisotopic (exact) mass is 294 g/mol. The molecule has 0 bridgehead atoms. The lowest BCUT2D eigenvalue weighted by Gasteiger charge is -2.26. The van der Waals surface area contributed by atoms with Gasteiger partial charge in [-0.15, -0.1) is 0 Å². The number of aryl methyl sites for hydroxylation is 1. The van der Waals surface area contributed by atoms with Crippen LogP contribution in [0, 0.1) is 12.8 Å². The molecule has 0 spiro atoms. The van der Waals surface area contributed by atoms with Crippen molar-refractivity contribution < 1.29 is 19.4 Å². The van der Waals surface area contributed by atoms with Crippen LogP contribution in [0.4, 0.5) is 4.79 Å². The Bertz CT molecular complexity index is 519. The number of nitrogens with one attached hydrogen (secondary N) is 1. The van der Waals surface area contributed by atoms with E-state index >= 15 is 0 Å². The summed E-state index contributed by atoms with van der Waals surface area (Å²) in [5.74, 6) is -1.65. The average molecular weight is 294 g/mol. The highest BCUT2D eigenvalue weighted by molar-refractivity contribution is 5.77. The van der Waals surface area contributed by atoms with Gasteiger partial charge in [0.2, 0.25) is 0 Å². The van der Waals surface area contributed by atoms with E-state index in [4.69, 9.17) is 9.84 Å². The van der Waals surface area contributed by atoms with E-state index in [0.717, 1.165) is 5.69 Å². The fraction of sp³-hybridized carbons (Fsp3) is 0.538. The number of urea groups is 1. The molecule has 0 radical (unpaired) electrons. The van der Waals surface area contributed by atoms with E-state index in [1.807, 2.05) is 6.92 Å². The third-order valence-corrected chi connectivity index (χ3v) is 3.44. The first-order valence-corrected chi connectivity index (χ1v) is 6.57. The molecule has 8 heteroatoms. The maximum Gasteiger partial charge on any atom is 0.317 e. The molecule has 2 heterocycles. The second-order valence-electron chi connectivity index (χ2n) is 4.97. The Kier molecular flexibility index (Phi) is 4.69. The SMILES string of the molecule is Cc1cnc(CNC(=O)N(C)C2COCC2C(=O)O)cn1. The van der Waals surface area contributed by atoms with Crippen molar-refractivity contribution in [3.63, 3.8) is 0 Å². The molecule has 1 aromatic rings. The largest absolute Gasteiger partial charge is 0.481 e. The van der Waals surface area contributed by atoms with Crippen molar-refractivity contribution in [1.82, 2.24) is 20.2 Å². The molecule has 1 aromatic heterocycles. The molecule has 1 aliphatic heterocycles. The van der Waals surface area contributed by atoms with E-state index in [2.05, 4.69) is 15.3 Å². The molecule has 2 atom stereocenters. The summed E-state index contributed by atoms with van der Waals surface area (Å²) >= 11 is 0. The van der Waals surface area contributed by atoms with Gasteiger partial charge in [-0.1, -0.05) is 0 Å². The molecule has 2 rings (SSSR count). The minimum Gasteiger partial charge on any atom is -0.481 e. The number of hydrogen-bond donors (Lipinski definition) is 2. The lowest BCUT2D eigenvalue weighted by Crippen LogP contribution is -2.48. The number of ether oxygens (including phenoxy) is 1. The second kappa shape index (κ2) is 6.49. The van der Waals surface area contributed by atoms with Gasteiger partial charge in [0.15, 0.2) is 0 Å². The quantitative estimate of drug-likeness (QED) is 0.811. The van der Waals surface area contributed by atoms with E-state index in [9.17, 15) is 9.59 Å². The van der Waals surface area contributed by atoms with Gasteiger partial charge in [0.1, 0.15) is 5.92 Å². The Hall–Kier alpha value is -2.22. The van der Waals surface area contributed by atoms with Crippen molar-refractivity contribution in [3.8, 4) is 0 Å². The number of hydrogen-bond acceptors (Lipinski definition) is 5. The molecule has 2 N–H and O–H groups in total.